The van der Waals surface area contributed by atoms with E-state index in [-0.39, 0.29) is 18.2 Å². The average Bonchev–Trinajstić information content (AvgIpc) is 3.20. The molecule has 30 heavy (non-hydrogen) atoms. The van der Waals surface area contributed by atoms with Gasteiger partial charge in [0.1, 0.15) is 5.78 Å². The lowest BCUT2D eigenvalue weighted by molar-refractivity contribution is -0.118. The first-order chi connectivity index (χ1) is 14.4. The highest BCUT2D eigenvalue weighted by Gasteiger charge is 2.10. The predicted molar refractivity (Wildman–Crippen MR) is 121 cm³/mol. The Morgan fingerprint density at radius 2 is 1.93 bits per heavy atom. The summed E-state index contributed by atoms with van der Waals surface area (Å²) in [5.41, 5.74) is 10.3. The molecule has 0 aliphatic carbocycles. The summed E-state index contributed by atoms with van der Waals surface area (Å²) in [6.45, 7) is 3.68. The second-order valence-corrected chi connectivity index (χ2v) is 8.31. The van der Waals surface area contributed by atoms with Crippen LogP contribution in [0.25, 0.3) is 22.4 Å². The largest absolute Gasteiger partial charge is 0.322 e. The second kappa shape index (κ2) is 10.2. The first-order valence-corrected chi connectivity index (χ1v) is 10.8. The monoisotopic (exact) mass is 422 g/mol. The molecule has 0 saturated carbocycles. The zero-order chi connectivity index (χ0) is 21.5. The highest BCUT2D eigenvalue weighted by Crippen LogP contribution is 2.29. The number of nitrogens with one attached hydrogen (secondary N) is 1. The molecule has 3 rings (SSSR count). The lowest BCUT2D eigenvalue weighted by Crippen LogP contribution is -2.21. The molecule has 156 valence electrons. The van der Waals surface area contributed by atoms with E-state index in [0.29, 0.717) is 17.5 Å². The minimum Gasteiger partial charge on any atom is -0.322 e. The van der Waals surface area contributed by atoms with Gasteiger partial charge >= 0.3 is 0 Å². The van der Waals surface area contributed by atoms with Gasteiger partial charge in [-0.25, -0.2) is 4.98 Å². The molecule has 1 amide bonds. The summed E-state index contributed by atoms with van der Waals surface area (Å²) in [5.74, 6) is 0.329. The number of aryl methyl sites for hydroxylation is 1. The normalized spacial score (nSPS) is 11.8. The Morgan fingerprint density at radius 1 is 1.17 bits per heavy atom. The smallest absolute Gasteiger partial charge is 0.239 e. The van der Waals surface area contributed by atoms with Crippen LogP contribution in [-0.2, 0) is 16.0 Å². The number of aromatic nitrogens is 2. The molecule has 1 atom stereocenters. The first-order valence-electron chi connectivity index (χ1n) is 9.95. The number of rotatable bonds is 9. The maximum absolute atomic E-state index is 11.5. The third-order valence-corrected chi connectivity index (χ3v) is 5.53. The number of ketones is 1. The zero-order valence-corrected chi connectivity index (χ0v) is 18.0. The maximum Gasteiger partial charge on any atom is 0.239 e. The Kier molecular flexibility index (Phi) is 7.43. The molecular formula is C23H26N4O2S. The van der Waals surface area contributed by atoms with E-state index in [2.05, 4.69) is 40.4 Å². The van der Waals surface area contributed by atoms with Crippen molar-refractivity contribution in [3.63, 3.8) is 0 Å². The summed E-state index contributed by atoms with van der Waals surface area (Å²) < 4.78 is 0. The number of thiazole rings is 1. The first kappa shape index (κ1) is 21.8. The van der Waals surface area contributed by atoms with Crippen LogP contribution in [0.15, 0.2) is 48.0 Å². The van der Waals surface area contributed by atoms with E-state index in [4.69, 9.17) is 5.73 Å². The van der Waals surface area contributed by atoms with Gasteiger partial charge in [-0.05, 0) is 55.0 Å². The van der Waals surface area contributed by atoms with Gasteiger partial charge in [0.05, 0.1) is 12.2 Å². The van der Waals surface area contributed by atoms with Gasteiger partial charge in [-0.2, -0.15) is 0 Å². The SMILES string of the molecule is CC(=O)CC(C)CCc1cc(-c2cccc(-c3csc(NC(=O)CN)n3)c2)ccn1. The van der Waals surface area contributed by atoms with Crippen molar-refractivity contribution < 1.29 is 9.59 Å². The second-order valence-electron chi connectivity index (χ2n) is 7.46. The molecule has 0 aliphatic rings. The van der Waals surface area contributed by atoms with Crippen molar-refractivity contribution in [3.8, 4) is 22.4 Å². The molecule has 3 N–H and O–H groups in total. The van der Waals surface area contributed by atoms with Gasteiger partial charge < -0.3 is 15.8 Å². The number of carbonyl (C=O) groups excluding carboxylic acids is 2. The minimum absolute atomic E-state index is 0.0672. The Labute approximate surface area is 180 Å². The number of nitrogens with zero attached hydrogens (tertiary/aromatic N) is 2. The van der Waals surface area contributed by atoms with Crippen LogP contribution in [-0.4, -0.2) is 28.2 Å². The molecule has 0 spiro atoms. The van der Waals surface area contributed by atoms with E-state index >= 15 is 0 Å². The molecule has 0 aliphatic heterocycles. The highest BCUT2D eigenvalue weighted by atomic mass is 32.1. The topological polar surface area (TPSA) is 98.0 Å². The average molecular weight is 423 g/mol. The molecule has 7 heteroatoms. The minimum atomic E-state index is -0.258. The Bertz CT molecular complexity index is 1030. The number of amides is 1. The van der Waals surface area contributed by atoms with Crippen LogP contribution < -0.4 is 11.1 Å². The Hall–Kier alpha value is -2.90. The van der Waals surface area contributed by atoms with Crippen LogP contribution in [0.3, 0.4) is 0 Å². The number of benzene rings is 1. The number of anilines is 1. The lowest BCUT2D eigenvalue weighted by atomic mass is 9.97. The Balaban J connectivity index is 1.74. The molecule has 2 aromatic heterocycles. The van der Waals surface area contributed by atoms with E-state index in [1.165, 1.54) is 11.3 Å². The fourth-order valence-corrected chi connectivity index (χ4v) is 4.01. The van der Waals surface area contributed by atoms with E-state index in [1.807, 2.05) is 29.8 Å². The van der Waals surface area contributed by atoms with Gasteiger partial charge in [0.15, 0.2) is 5.13 Å². The summed E-state index contributed by atoms with van der Waals surface area (Å²) in [4.78, 5) is 31.7. The van der Waals surface area contributed by atoms with E-state index in [0.717, 1.165) is 40.9 Å². The molecule has 0 fully saturated rings. The highest BCUT2D eigenvalue weighted by molar-refractivity contribution is 7.14. The summed E-state index contributed by atoms with van der Waals surface area (Å²) in [6.07, 6.45) is 4.23. The summed E-state index contributed by atoms with van der Waals surface area (Å²) in [5, 5.41) is 5.14. The van der Waals surface area contributed by atoms with Gasteiger partial charge in [0.2, 0.25) is 5.91 Å². The molecular weight excluding hydrogens is 396 g/mol. The number of hydrogen-bond donors (Lipinski definition) is 2. The molecule has 1 unspecified atom stereocenters. The molecule has 0 bridgehead atoms. The third-order valence-electron chi connectivity index (χ3n) is 4.77. The van der Waals surface area contributed by atoms with Crippen molar-refractivity contribution in [2.75, 3.05) is 11.9 Å². The summed E-state index contributed by atoms with van der Waals surface area (Å²) in [6, 6.07) is 12.2. The predicted octanol–water partition coefficient (Wildman–Crippen LogP) is 4.32. The van der Waals surface area contributed by atoms with Crippen molar-refractivity contribution in [2.45, 2.75) is 33.1 Å². The fourth-order valence-electron chi connectivity index (χ4n) is 3.27. The number of hydrogen-bond acceptors (Lipinski definition) is 6. The van der Waals surface area contributed by atoms with Crippen LogP contribution in [0.2, 0.25) is 0 Å². The number of carbonyl (C=O) groups is 2. The van der Waals surface area contributed by atoms with Crippen molar-refractivity contribution in [1.29, 1.82) is 0 Å². The van der Waals surface area contributed by atoms with Crippen LogP contribution in [0.1, 0.15) is 32.4 Å². The number of pyridine rings is 1. The molecule has 1 aromatic carbocycles. The summed E-state index contributed by atoms with van der Waals surface area (Å²) in [7, 11) is 0. The third kappa shape index (κ3) is 6.05. The van der Waals surface area contributed by atoms with Gasteiger partial charge in [0, 0.05) is 29.3 Å². The van der Waals surface area contributed by atoms with Crippen molar-refractivity contribution in [2.24, 2.45) is 11.7 Å². The fraction of sp³-hybridized carbons (Fsp3) is 0.304. The van der Waals surface area contributed by atoms with Gasteiger partial charge in [-0.3, -0.25) is 9.78 Å². The van der Waals surface area contributed by atoms with Gasteiger partial charge in [-0.1, -0.05) is 25.1 Å². The van der Waals surface area contributed by atoms with Crippen LogP contribution >= 0.6 is 11.3 Å². The maximum atomic E-state index is 11.5. The molecule has 0 radical (unpaired) electrons. The quantitative estimate of drug-likeness (QED) is 0.535. The van der Waals surface area contributed by atoms with Crippen LogP contribution in [0.5, 0.6) is 0 Å². The molecule has 3 aromatic rings. The van der Waals surface area contributed by atoms with Crippen LogP contribution in [0.4, 0.5) is 5.13 Å². The Morgan fingerprint density at radius 3 is 2.70 bits per heavy atom. The van der Waals surface area contributed by atoms with E-state index < -0.39 is 0 Å². The van der Waals surface area contributed by atoms with E-state index in [1.54, 1.807) is 6.92 Å². The number of Topliss-reactive ketones (excluding diaryl/α,β-unsaturated/α-hetero) is 1. The van der Waals surface area contributed by atoms with Gasteiger partial charge in [0.25, 0.3) is 0 Å². The standard InChI is InChI=1S/C23H26N4O2S/c1-15(10-16(2)28)6-7-20-12-18(8-9-25-20)17-4-3-5-19(11-17)21-14-30-23(26-21)27-22(29)13-24/h3-5,8-9,11-12,14-15H,6-7,10,13,24H2,1-2H3,(H,26,27,29). The zero-order valence-electron chi connectivity index (χ0n) is 17.2. The van der Waals surface area contributed by atoms with E-state index in [9.17, 15) is 9.59 Å². The van der Waals surface area contributed by atoms with Crippen LogP contribution in [0, 0.1) is 5.92 Å². The van der Waals surface area contributed by atoms with Gasteiger partial charge in [-0.15, -0.1) is 11.3 Å². The molecule has 6 nitrogen and oxygen atoms in total. The van der Waals surface area contributed by atoms with Crippen molar-refractivity contribution in [3.05, 3.63) is 53.7 Å². The molecule has 0 saturated heterocycles. The van der Waals surface area contributed by atoms with Crippen molar-refractivity contribution >= 4 is 28.2 Å². The van der Waals surface area contributed by atoms with Crippen molar-refractivity contribution in [1.82, 2.24) is 9.97 Å². The number of nitrogens with two attached hydrogens (primary N) is 1. The molecule has 2 heterocycles. The lowest BCUT2D eigenvalue weighted by Gasteiger charge is -2.10. The summed E-state index contributed by atoms with van der Waals surface area (Å²) >= 11 is 1.37.